The van der Waals surface area contributed by atoms with E-state index in [4.69, 9.17) is 0 Å². The van der Waals surface area contributed by atoms with Gasteiger partial charge in [0.25, 0.3) is 0 Å². The Bertz CT molecular complexity index is 1450. The monoisotopic (exact) mass is 481 g/mol. The van der Waals surface area contributed by atoms with E-state index in [9.17, 15) is 14.4 Å². The molecule has 1 aromatic carbocycles. The zero-order chi connectivity index (χ0) is 25.3. The number of benzene rings is 1. The minimum absolute atomic E-state index is 0.0495. The van der Waals surface area contributed by atoms with Crippen LogP contribution in [0.3, 0.4) is 0 Å². The molecule has 5 rings (SSSR count). The number of rotatable bonds is 7. The van der Waals surface area contributed by atoms with Gasteiger partial charge in [-0.15, -0.1) is 0 Å². The highest BCUT2D eigenvalue weighted by Gasteiger charge is 2.54. The van der Waals surface area contributed by atoms with Gasteiger partial charge >= 0.3 is 0 Å². The molecule has 0 saturated carbocycles. The van der Waals surface area contributed by atoms with Crippen LogP contribution >= 0.6 is 0 Å². The molecule has 182 valence electrons. The van der Waals surface area contributed by atoms with Crippen molar-refractivity contribution in [3.8, 4) is 0 Å². The molecule has 4 aromatic rings. The highest BCUT2D eigenvalue weighted by atomic mass is 16.2. The zero-order valence-corrected chi connectivity index (χ0v) is 20.3. The van der Waals surface area contributed by atoms with E-state index in [-0.39, 0.29) is 37.1 Å². The quantitative estimate of drug-likeness (QED) is 0.378. The SMILES string of the molecule is Cc1ccccc1C1(CC(=O)N(C)Cc2cnc3ccccn23)CC(=O)N(Cc2cccnc2)C1=O. The summed E-state index contributed by atoms with van der Waals surface area (Å²) in [5, 5.41) is 0. The normalized spacial score (nSPS) is 17.7. The number of amides is 3. The first-order valence-corrected chi connectivity index (χ1v) is 11.8. The largest absolute Gasteiger partial charge is 0.340 e. The fraction of sp³-hybridized carbons (Fsp3) is 0.250. The molecule has 0 radical (unpaired) electrons. The van der Waals surface area contributed by atoms with Gasteiger partial charge in [0.1, 0.15) is 5.65 Å². The van der Waals surface area contributed by atoms with Crippen molar-refractivity contribution in [3.05, 3.63) is 102 Å². The fourth-order valence-electron chi connectivity index (χ4n) is 5.01. The van der Waals surface area contributed by atoms with Crippen LogP contribution in [0.5, 0.6) is 0 Å². The van der Waals surface area contributed by atoms with Gasteiger partial charge in [0, 0.05) is 38.5 Å². The Hall–Kier alpha value is -4.33. The molecular formula is C28H27N5O3. The molecular weight excluding hydrogens is 454 g/mol. The summed E-state index contributed by atoms with van der Waals surface area (Å²) in [5.41, 5.74) is 2.75. The van der Waals surface area contributed by atoms with Crippen molar-refractivity contribution in [2.45, 2.75) is 38.3 Å². The molecule has 0 aliphatic carbocycles. The number of fused-ring (bicyclic) bond motifs is 1. The molecule has 1 aliphatic rings. The number of hydrogen-bond acceptors (Lipinski definition) is 5. The van der Waals surface area contributed by atoms with Crippen molar-refractivity contribution in [2.24, 2.45) is 0 Å². The van der Waals surface area contributed by atoms with Crippen LogP contribution in [0, 0.1) is 6.92 Å². The number of pyridine rings is 2. The Morgan fingerprint density at radius 2 is 1.86 bits per heavy atom. The van der Waals surface area contributed by atoms with Crippen LogP contribution in [0.4, 0.5) is 0 Å². The van der Waals surface area contributed by atoms with Gasteiger partial charge in [0.2, 0.25) is 17.7 Å². The number of imidazole rings is 1. The number of aryl methyl sites for hydroxylation is 1. The average Bonchev–Trinajstić information content (AvgIpc) is 3.39. The molecule has 1 atom stereocenters. The van der Waals surface area contributed by atoms with Gasteiger partial charge < -0.3 is 9.30 Å². The van der Waals surface area contributed by atoms with Crippen LogP contribution in [-0.4, -0.2) is 48.9 Å². The molecule has 3 amide bonds. The molecule has 8 nitrogen and oxygen atoms in total. The lowest BCUT2D eigenvalue weighted by molar-refractivity contribution is -0.143. The molecule has 1 aliphatic heterocycles. The Morgan fingerprint density at radius 3 is 2.64 bits per heavy atom. The second-order valence-electron chi connectivity index (χ2n) is 9.33. The smallest absolute Gasteiger partial charge is 0.241 e. The Kier molecular flexibility index (Phi) is 6.10. The molecule has 3 aromatic heterocycles. The lowest BCUT2D eigenvalue weighted by atomic mass is 9.74. The van der Waals surface area contributed by atoms with E-state index in [1.807, 2.05) is 66.1 Å². The summed E-state index contributed by atoms with van der Waals surface area (Å²) >= 11 is 0. The van der Waals surface area contributed by atoms with E-state index in [1.54, 1.807) is 36.6 Å². The number of nitrogens with zero attached hydrogens (tertiary/aromatic N) is 5. The first-order chi connectivity index (χ1) is 17.4. The minimum atomic E-state index is -1.25. The minimum Gasteiger partial charge on any atom is -0.340 e. The number of imide groups is 1. The Morgan fingerprint density at radius 1 is 1.06 bits per heavy atom. The third-order valence-corrected chi connectivity index (χ3v) is 6.90. The first-order valence-electron chi connectivity index (χ1n) is 11.8. The number of carbonyl (C=O) groups is 3. The number of carbonyl (C=O) groups excluding carboxylic acids is 3. The number of aromatic nitrogens is 3. The first kappa shape index (κ1) is 23.4. The van der Waals surface area contributed by atoms with Gasteiger partial charge in [-0.2, -0.15) is 0 Å². The second-order valence-corrected chi connectivity index (χ2v) is 9.33. The van der Waals surface area contributed by atoms with E-state index < -0.39 is 5.41 Å². The maximum Gasteiger partial charge on any atom is 0.241 e. The van der Waals surface area contributed by atoms with Crippen LogP contribution in [0.15, 0.2) is 79.4 Å². The van der Waals surface area contributed by atoms with Gasteiger partial charge in [-0.1, -0.05) is 36.4 Å². The Labute approximate surface area is 209 Å². The van der Waals surface area contributed by atoms with Crippen LogP contribution in [0.1, 0.15) is 35.2 Å². The van der Waals surface area contributed by atoms with Crippen LogP contribution in [-0.2, 0) is 32.9 Å². The number of hydrogen-bond donors (Lipinski definition) is 0. The van der Waals surface area contributed by atoms with Crippen molar-refractivity contribution in [2.75, 3.05) is 7.05 Å². The van der Waals surface area contributed by atoms with Crippen LogP contribution in [0.2, 0.25) is 0 Å². The van der Waals surface area contributed by atoms with E-state index in [0.717, 1.165) is 22.5 Å². The Balaban J connectivity index is 1.45. The van der Waals surface area contributed by atoms with Crippen LogP contribution in [0.25, 0.3) is 5.65 Å². The lowest BCUT2D eigenvalue weighted by Crippen LogP contribution is -2.43. The zero-order valence-electron chi connectivity index (χ0n) is 20.3. The maximum absolute atomic E-state index is 13.9. The summed E-state index contributed by atoms with van der Waals surface area (Å²) in [7, 11) is 1.71. The summed E-state index contributed by atoms with van der Waals surface area (Å²) in [6, 6.07) is 16.8. The van der Waals surface area contributed by atoms with Gasteiger partial charge in [-0.25, -0.2) is 4.98 Å². The van der Waals surface area contributed by atoms with Gasteiger partial charge in [0.05, 0.1) is 30.4 Å². The third kappa shape index (κ3) is 4.15. The highest BCUT2D eigenvalue weighted by Crippen LogP contribution is 2.42. The predicted octanol–water partition coefficient (Wildman–Crippen LogP) is 3.28. The average molecular weight is 482 g/mol. The van der Waals surface area contributed by atoms with Crippen molar-refractivity contribution >= 4 is 23.4 Å². The molecule has 0 spiro atoms. The fourth-order valence-corrected chi connectivity index (χ4v) is 5.01. The van der Waals surface area contributed by atoms with Gasteiger partial charge in [-0.05, 0) is 41.8 Å². The molecule has 8 heteroatoms. The van der Waals surface area contributed by atoms with E-state index in [0.29, 0.717) is 12.1 Å². The van der Waals surface area contributed by atoms with E-state index in [2.05, 4.69) is 9.97 Å². The molecule has 36 heavy (non-hydrogen) atoms. The molecule has 1 saturated heterocycles. The summed E-state index contributed by atoms with van der Waals surface area (Å²) in [5.74, 6) is -0.847. The highest BCUT2D eigenvalue weighted by molar-refractivity contribution is 6.10. The second kappa shape index (κ2) is 9.37. The summed E-state index contributed by atoms with van der Waals surface area (Å²) < 4.78 is 1.93. The number of likely N-dealkylation sites (tertiary alicyclic amines) is 1. The van der Waals surface area contributed by atoms with E-state index >= 15 is 0 Å². The molecule has 0 N–H and O–H groups in total. The summed E-state index contributed by atoms with van der Waals surface area (Å²) in [6.07, 6.45) is 6.79. The van der Waals surface area contributed by atoms with Crippen molar-refractivity contribution in [1.29, 1.82) is 0 Å². The van der Waals surface area contributed by atoms with Crippen molar-refractivity contribution in [3.63, 3.8) is 0 Å². The maximum atomic E-state index is 13.9. The standard InChI is InChI=1S/C28H27N5O3/c1-20-8-3-4-10-23(20)28(15-26(35)33(27(28)36)18-21-9-7-12-29-16-21)14-25(34)31(2)19-22-17-30-24-11-5-6-13-32(22)24/h3-13,16-17H,14-15,18-19H2,1-2H3. The lowest BCUT2D eigenvalue weighted by Gasteiger charge is -2.30. The van der Waals surface area contributed by atoms with Gasteiger partial charge in [0.15, 0.2) is 0 Å². The molecule has 1 fully saturated rings. The van der Waals surface area contributed by atoms with Gasteiger partial charge in [-0.3, -0.25) is 24.3 Å². The van der Waals surface area contributed by atoms with Crippen molar-refractivity contribution < 1.29 is 14.4 Å². The van der Waals surface area contributed by atoms with Crippen molar-refractivity contribution in [1.82, 2.24) is 24.2 Å². The predicted molar refractivity (Wildman–Crippen MR) is 134 cm³/mol. The topological polar surface area (TPSA) is 87.9 Å². The molecule has 1 unspecified atom stereocenters. The van der Waals surface area contributed by atoms with Crippen LogP contribution < -0.4 is 0 Å². The summed E-state index contributed by atoms with van der Waals surface area (Å²) in [6.45, 7) is 2.37. The third-order valence-electron chi connectivity index (χ3n) is 6.90. The molecule has 4 heterocycles. The summed E-state index contributed by atoms with van der Waals surface area (Å²) in [4.78, 5) is 52.1. The van der Waals surface area contributed by atoms with E-state index in [1.165, 1.54) is 4.90 Å². The molecule has 0 bridgehead atoms.